The van der Waals surface area contributed by atoms with Gasteiger partial charge in [-0.25, -0.2) is 0 Å². The summed E-state index contributed by atoms with van der Waals surface area (Å²) in [5, 5.41) is 6.63. The molecule has 0 radical (unpaired) electrons. The van der Waals surface area contributed by atoms with Crippen molar-refractivity contribution < 1.29 is 4.79 Å². The molecule has 0 aliphatic carbocycles. The molecule has 2 aromatic rings. The molecule has 0 aromatic heterocycles. The molecule has 2 heterocycles. The first kappa shape index (κ1) is 16.2. The van der Waals surface area contributed by atoms with Crippen LogP contribution in [0, 0.1) is 0 Å². The van der Waals surface area contributed by atoms with Crippen molar-refractivity contribution in [1.82, 2.24) is 4.90 Å². The molecule has 0 spiro atoms. The van der Waals surface area contributed by atoms with Crippen molar-refractivity contribution in [2.45, 2.75) is 38.3 Å². The number of benzene rings is 2. The van der Waals surface area contributed by atoms with E-state index in [0.717, 1.165) is 31.7 Å². The average molecular weight is 335 g/mol. The summed E-state index contributed by atoms with van der Waals surface area (Å²) in [7, 11) is 0. The van der Waals surface area contributed by atoms with E-state index in [2.05, 4.69) is 58.0 Å². The van der Waals surface area contributed by atoms with Crippen LogP contribution in [0.5, 0.6) is 0 Å². The molecule has 25 heavy (non-hydrogen) atoms. The fraction of sp³-hybridized carbons (Fsp3) is 0.381. The summed E-state index contributed by atoms with van der Waals surface area (Å²) >= 11 is 0. The summed E-state index contributed by atoms with van der Waals surface area (Å²) in [5.41, 5.74) is 4.78. The van der Waals surface area contributed by atoms with Gasteiger partial charge in [0.2, 0.25) is 5.91 Å². The molecule has 1 fully saturated rings. The van der Waals surface area contributed by atoms with Crippen LogP contribution in [0.2, 0.25) is 0 Å². The number of hydrogen-bond donors (Lipinski definition) is 2. The molecule has 2 aliphatic rings. The van der Waals surface area contributed by atoms with Crippen LogP contribution in [0.3, 0.4) is 0 Å². The highest BCUT2D eigenvalue weighted by molar-refractivity contribution is 5.94. The first-order valence-corrected chi connectivity index (χ1v) is 9.22. The Morgan fingerprint density at radius 2 is 1.84 bits per heavy atom. The molecule has 0 saturated carbocycles. The molecule has 1 amide bonds. The standard InChI is InChI=1S/C21H25N3O/c25-21-9-6-17-14-19(7-8-20(17)23-21)22-18-10-12-24(13-11-18)15-16-4-2-1-3-5-16/h1-5,7-8,14,18,22H,6,9-13,15H2,(H,23,25). The van der Waals surface area contributed by atoms with Gasteiger partial charge in [-0.3, -0.25) is 9.69 Å². The molecule has 4 rings (SSSR count). The smallest absolute Gasteiger partial charge is 0.224 e. The van der Waals surface area contributed by atoms with Gasteiger partial charge in [-0.1, -0.05) is 30.3 Å². The highest BCUT2D eigenvalue weighted by Gasteiger charge is 2.20. The second-order valence-electron chi connectivity index (χ2n) is 7.10. The first-order valence-electron chi connectivity index (χ1n) is 9.22. The molecule has 4 heteroatoms. The summed E-state index contributed by atoms with van der Waals surface area (Å²) in [6.07, 6.45) is 3.77. The monoisotopic (exact) mass is 335 g/mol. The maximum absolute atomic E-state index is 11.5. The van der Waals surface area contributed by atoms with E-state index >= 15 is 0 Å². The van der Waals surface area contributed by atoms with Crippen molar-refractivity contribution in [2.75, 3.05) is 23.7 Å². The maximum Gasteiger partial charge on any atom is 0.224 e. The van der Waals surface area contributed by atoms with Crippen LogP contribution >= 0.6 is 0 Å². The number of anilines is 2. The van der Waals surface area contributed by atoms with Crippen LogP contribution in [-0.2, 0) is 17.8 Å². The third-order valence-electron chi connectivity index (χ3n) is 5.21. The Balaban J connectivity index is 1.31. The summed E-state index contributed by atoms with van der Waals surface area (Å²) in [5.74, 6) is 0.124. The number of carbonyl (C=O) groups excluding carboxylic acids is 1. The molecule has 0 unspecified atom stereocenters. The van der Waals surface area contributed by atoms with E-state index in [1.165, 1.54) is 29.7 Å². The Labute approximate surface area is 149 Å². The number of hydrogen-bond acceptors (Lipinski definition) is 3. The molecular formula is C21H25N3O. The van der Waals surface area contributed by atoms with Crippen molar-refractivity contribution in [3.8, 4) is 0 Å². The Kier molecular flexibility index (Phi) is 4.70. The summed E-state index contributed by atoms with van der Waals surface area (Å²) < 4.78 is 0. The number of carbonyl (C=O) groups is 1. The maximum atomic E-state index is 11.5. The molecule has 1 saturated heterocycles. The second kappa shape index (κ2) is 7.28. The molecule has 130 valence electrons. The van der Waals surface area contributed by atoms with Crippen LogP contribution in [0.1, 0.15) is 30.4 Å². The topological polar surface area (TPSA) is 44.4 Å². The van der Waals surface area contributed by atoms with Gasteiger partial charge in [-0.15, -0.1) is 0 Å². The lowest BCUT2D eigenvalue weighted by molar-refractivity contribution is -0.116. The van der Waals surface area contributed by atoms with Gasteiger partial charge < -0.3 is 10.6 Å². The minimum atomic E-state index is 0.124. The van der Waals surface area contributed by atoms with Gasteiger partial charge in [0.05, 0.1) is 0 Å². The number of nitrogens with zero attached hydrogens (tertiary/aromatic N) is 1. The van der Waals surface area contributed by atoms with Gasteiger partial charge in [0.25, 0.3) is 0 Å². The van der Waals surface area contributed by atoms with E-state index in [1.54, 1.807) is 0 Å². The highest BCUT2D eigenvalue weighted by Crippen LogP contribution is 2.27. The van der Waals surface area contributed by atoms with Crippen molar-refractivity contribution in [1.29, 1.82) is 0 Å². The van der Waals surface area contributed by atoms with Gasteiger partial charge >= 0.3 is 0 Å². The Bertz CT molecular complexity index is 736. The molecule has 4 nitrogen and oxygen atoms in total. The van der Waals surface area contributed by atoms with Crippen LogP contribution in [0.15, 0.2) is 48.5 Å². The van der Waals surface area contributed by atoms with E-state index in [0.29, 0.717) is 12.5 Å². The van der Waals surface area contributed by atoms with Gasteiger partial charge in [0.1, 0.15) is 0 Å². The van der Waals surface area contributed by atoms with E-state index in [4.69, 9.17) is 0 Å². The fourth-order valence-corrected chi connectivity index (χ4v) is 3.79. The molecule has 0 bridgehead atoms. The lowest BCUT2D eigenvalue weighted by Gasteiger charge is -2.33. The normalized spacial score (nSPS) is 18.5. The summed E-state index contributed by atoms with van der Waals surface area (Å²) in [6, 6.07) is 17.6. The quantitative estimate of drug-likeness (QED) is 0.896. The van der Waals surface area contributed by atoms with Gasteiger partial charge in [0.15, 0.2) is 0 Å². The summed E-state index contributed by atoms with van der Waals surface area (Å²) in [4.78, 5) is 14.0. The van der Waals surface area contributed by atoms with Crippen molar-refractivity contribution in [2.24, 2.45) is 0 Å². The number of likely N-dealkylation sites (tertiary alicyclic amines) is 1. The highest BCUT2D eigenvalue weighted by atomic mass is 16.1. The first-order chi connectivity index (χ1) is 12.3. The summed E-state index contributed by atoms with van der Waals surface area (Å²) in [6.45, 7) is 3.31. The number of aryl methyl sites for hydroxylation is 1. The third-order valence-corrected chi connectivity index (χ3v) is 5.21. The van der Waals surface area contributed by atoms with Crippen molar-refractivity contribution in [3.63, 3.8) is 0 Å². The Morgan fingerprint density at radius 3 is 2.64 bits per heavy atom. The molecule has 0 atom stereocenters. The van der Waals surface area contributed by atoms with Crippen LogP contribution in [0.25, 0.3) is 0 Å². The minimum Gasteiger partial charge on any atom is -0.382 e. The number of amides is 1. The Morgan fingerprint density at radius 1 is 1.04 bits per heavy atom. The van der Waals surface area contributed by atoms with E-state index in [-0.39, 0.29) is 5.91 Å². The minimum absolute atomic E-state index is 0.124. The largest absolute Gasteiger partial charge is 0.382 e. The van der Waals surface area contributed by atoms with Crippen LogP contribution < -0.4 is 10.6 Å². The van der Waals surface area contributed by atoms with E-state index in [1.807, 2.05) is 6.07 Å². The SMILES string of the molecule is O=C1CCc2cc(NC3CCN(Cc4ccccc4)CC3)ccc2N1. The fourth-order valence-electron chi connectivity index (χ4n) is 3.79. The van der Waals surface area contributed by atoms with E-state index < -0.39 is 0 Å². The Hall–Kier alpha value is -2.33. The zero-order valence-electron chi connectivity index (χ0n) is 14.5. The lowest BCUT2D eigenvalue weighted by Crippen LogP contribution is -2.38. The van der Waals surface area contributed by atoms with Gasteiger partial charge in [-0.2, -0.15) is 0 Å². The van der Waals surface area contributed by atoms with Crippen molar-refractivity contribution >= 4 is 17.3 Å². The number of rotatable bonds is 4. The van der Waals surface area contributed by atoms with Crippen molar-refractivity contribution in [3.05, 3.63) is 59.7 Å². The molecule has 2 aliphatic heterocycles. The van der Waals surface area contributed by atoms with E-state index in [9.17, 15) is 4.79 Å². The van der Waals surface area contributed by atoms with Crippen LogP contribution in [-0.4, -0.2) is 29.9 Å². The average Bonchev–Trinajstić information content (AvgIpc) is 2.64. The molecule has 2 N–H and O–H groups in total. The zero-order chi connectivity index (χ0) is 17.1. The van der Waals surface area contributed by atoms with Gasteiger partial charge in [0, 0.05) is 43.5 Å². The lowest BCUT2D eigenvalue weighted by atomic mass is 10.0. The third kappa shape index (κ3) is 4.02. The number of piperidine rings is 1. The molecular weight excluding hydrogens is 310 g/mol. The number of nitrogens with one attached hydrogen (secondary N) is 2. The predicted octanol–water partition coefficient (Wildman–Crippen LogP) is 3.65. The number of fused-ring (bicyclic) bond motifs is 1. The van der Waals surface area contributed by atoms with Gasteiger partial charge in [-0.05, 0) is 48.6 Å². The predicted molar refractivity (Wildman–Crippen MR) is 102 cm³/mol. The second-order valence-corrected chi connectivity index (χ2v) is 7.10. The zero-order valence-corrected chi connectivity index (χ0v) is 14.5. The van der Waals surface area contributed by atoms with Crippen LogP contribution in [0.4, 0.5) is 11.4 Å². The molecule has 2 aromatic carbocycles.